The highest BCUT2D eigenvalue weighted by Crippen LogP contribution is 2.40. The lowest BCUT2D eigenvalue weighted by Crippen LogP contribution is -2.20. The second kappa shape index (κ2) is 6.21. The summed E-state index contributed by atoms with van der Waals surface area (Å²) in [6, 6.07) is 6.20. The monoisotopic (exact) mass is 376 g/mol. The molecule has 0 bridgehead atoms. The molecule has 4 rings (SSSR count). The Hall–Kier alpha value is -1.73. The van der Waals surface area contributed by atoms with Crippen LogP contribution in [0, 0.1) is 11.8 Å². The summed E-state index contributed by atoms with van der Waals surface area (Å²) >= 11 is 1.40. The van der Waals surface area contributed by atoms with Crippen molar-refractivity contribution in [2.75, 3.05) is 24.2 Å². The molecule has 132 valence electrons. The van der Waals surface area contributed by atoms with Crippen molar-refractivity contribution in [2.45, 2.75) is 24.2 Å². The van der Waals surface area contributed by atoms with E-state index in [1.807, 2.05) is 0 Å². The van der Waals surface area contributed by atoms with Crippen molar-refractivity contribution in [2.24, 2.45) is 11.8 Å². The molecule has 1 aromatic carbocycles. The fourth-order valence-corrected chi connectivity index (χ4v) is 5.48. The molecule has 2 atom stereocenters. The summed E-state index contributed by atoms with van der Waals surface area (Å²) in [7, 11) is -3.33. The fourth-order valence-electron chi connectivity index (χ4n) is 3.92. The van der Waals surface area contributed by atoms with E-state index in [0.717, 1.165) is 36.3 Å². The molecular formula is C18H20N2O3S2. The Bertz CT molecular complexity index is 908. The lowest BCUT2D eigenvalue weighted by Gasteiger charge is -2.15. The largest absolute Gasteiger partial charge is 0.348 e. The SMILES string of the molecule is CS(=O)(=O)c1cccc(C(=O)c2cnc(N3C[C@H]4CCC[C@H]4C3)s2)c1. The number of fused-ring (bicyclic) bond motifs is 1. The minimum Gasteiger partial charge on any atom is -0.348 e. The van der Waals surface area contributed by atoms with Crippen LogP contribution in [0.5, 0.6) is 0 Å². The quantitative estimate of drug-likeness (QED) is 0.768. The number of rotatable bonds is 4. The molecule has 0 spiro atoms. The Kier molecular flexibility index (Phi) is 4.16. The summed E-state index contributed by atoms with van der Waals surface area (Å²) in [6.45, 7) is 2.07. The maximum Gasteiger partial charge on any atom is 0.204 e. The van der Waals surface area contributed by atoms with Crippen molar-refractivity contribution in [1.29, 1.82) is 0 Å². The van der Waals surface area contributed by atoms with Crippen LogP contribution in [0.1, 0.15) is 34.5 Å². The first-order valence-electron chi connectivity index (χ1n) is 8.47. The molecule has 2 heterocycles. The third kappa shape index (κ3) is 3.22. The van der Waals surface area contributed by atoms with Crippen LogP contribution in [0.3, 0.4) is 0 Å². The van der Waals surface area contributed by atoms with Crippen LogP contribution in [0.25, 0.3) is 0 Å². The predicted octanol–water partition coefficient (Wildman–Crippen LogP) is 3.01. The standard InChI is InChI=1S/C18H20N2O3S2/c1-25(22,23)15-7-3-4-12(8-15)17(21)16-9-19-18(24-16)20-10-13-5-2-6-14(13)11-20/h3-4,7-9,13-14H,2,5-6,10-11H2,1H3/t13-,14+. The van der Waals surface area contributed by atoms with Gasteiger partial charge in [-0.15, -0.1) is 0 Å². The van der Waals surface area contributed by atoms with Crippen molar-refractivity contribution < 1.29 is 13.2 Å². The highest BCUT2D eigenvalue weighted by Gasteiger charge is 2.37. The van der Waals surface area contributed by atoms with E-state index < -0.39 is 9.84 Å². The smallest absolute Gasteiger partial charge is 0.204 e. The molecule has 1 aliphatic carbocycles. The van der Waals surface area contributed by atoms with Crippen molar-refractivity contribution in [1.82, 2.24) is 4.98 Å². The van der Waals surface area contributed by atoms with Crippen LogP contribution < -0.4 is 4.90 Å². The van der Waals surface area contributed by atoms with Crippen molar-refractivity contribution in [3.63, 3.8) is 0 Å². The van der Waals surface area contributed by atoms with Gasteiger partial charge in [0.25, 0.3) is 0 Å². The van der Waals surface area contributed by atoms with Crippen LogP contribution in [0.4, 0.5) is 5.13 Å². The summed E-state index contributed by atoms with van der Waals surface area (Å²) in [5, 5.41) is 0.900. The van der Waals surface area contributed by atoms with Gasteiger partial charge in [-0.1, -0.05) is 29.9 Å². The zero-order chi connectivity index (χ0) is 17.6. The summed E-state index contributed by atoms with van der Waals surface area (Å²) in [6.07, 6.45) is 6.70. The van der Waals surface area contributed by atoms with Gasteiger partial charge in [0.1, 0.15) is 0 Å². The Morgan fingerprint density at radius 1 is 1.24 bits per heavy atom. The molecule has 2 fully saturated rings. The van der Waals surface area contributed by atoms with Crippen LogP contribution in [0.2, 0.25) is 0 Å². The molecule has 1 aliphatic heterocycles. The van der Waals surface area contributed by atoms with Crippen LogP contribution in [-0.4, -0.2) is 38.5 Å². The molecule has 1 aromatic heterocycles. The number of carbonyl (C=O) groups excluding carboxylic acids is 1. The first-order chi connectivity index (χ1) is 11.9. The van der Waals surface area contributed by atoms with E-state index >= 15 is 0 Å². The Labute approximate surface area is 151 Å². The molecule has 0 N–H and O–H groups in total. The fraction of sp³-hybridized carbons (Fsp3) is 0.444. The average Bonchev–Trinajstić information content (AvgIpc) is 3.28. The van der Waals surface area contributed by atoms with E-state index in [1.165, 1.54) is 42.7 Å². The Morgan fingerprint density at radius 2 is 1.96 bits per heavy atom. The van der Waals surface area contributed by atoms with E-state index in [4.69, 9.17) is 0 Å². The van der Waals surface area contributed by atoms with E-state index in [2.05, 4.69) is 9.88 Å². The van der Waals surface area contributed by atoms with E-state index in [1.54, 1.807) is 18.3 Å². The zero-order valence-corrected chi connectivity index (χ0v) is 15.6. The number of ketones is 1. The van der Waals surface area contributed by atoms with E-state index in [0.29, 0.717) is 10.4 Å². The van der Waals surface area contributed by atoms with E-state index in [-0.39, 0.29) is 10.7 Å². The highest BCUT2D eigenvalue weighted by atomic mass is 32.2. The zero-order valence-electron chi connectivity index (χ0n) is 14.0. The lowest BCUT2D eigenvalue weighted by molar-refractivity contribution is 0.104. The Morgan fingerprint density at radius 3 is 2.64 bits per heavy atom. The second-order valence-electron chi connectivity index (χ2n) is 6.99. The van der Waals surface area contributed by atoms with E-state index in [9.17, 15) is 13.2 Å². The molecule has 1 saturated heterocycles. The average molecular weight is 377 g/mol. The Balaban J connectivity index is 1.55. The van der Waals surface area contributed by atoms with Gasteiger partial charge < -0.3 is 4.90 Å². The lowest BCUT2D eigenvalue weighted by atomic mass is 10.0. The molecule has 0 unspecified atom stereocenters. The highest BCUT2D eigenvalue weighted by molar-refractivity contribution is 7.90. The van der Waals surface area contributed by atoms with Gasteiger partial charge in [0.05, 0.1) is 16.0 Å². The molecule has 0 radical (unpaired) electrons. The van der Waals surface area contributed by atoms with Crippen LogP contribution in [-0.2, 0) is 9.84 Å². The number of benzene rings is 1. The number of anilines is 1. The maximum absolute atomic E-state index is 12.7. The van der Waals surface area contributed by atoms with Gasteiger partial charge in [-0.05, 0) is 36.8 Å². The molecular weight excluding hydrogens is 356 g/mol. The van der Waals surface area contributed by atoms with Gasteiger partial charge in [0.2, 0.25) is 5.78 Å². The predicted molar refractivity (Wildman–Crippen MR) is 98.1 cm³/mol. The molecule has 2 aliphatic rings. The molecule has 5 nitrogen and oxygen atoms in total. The number of aromatic nitrogens is 1. The summed E-state index contributed by atoms with van der Waals surface area (Å²) in [4.78, 5) is 20.2. The minimum absolute atomic E-state index is 0.162. The first kappa shape index (κ1) is 16.7. The molecule has 0 amide bonds. The van der Waals surface area contributed by atoms with Crippen LogP contribution >= 0.6 is 11.3 Å². The number of thiazole rings is 1. The third-order valence-corrected chi connectivity index (χ3v) is 7.41. The summed E-state index contributed by atoms with van der Waals surface area (Å²) in [5.74, 6) is 1.37. The third-order valence-electron chi connectivity index (χ3n) is 5.24. The van der Waals surface area contributed by atoms with Gasteiger partial charge in [0, 0.05) is 24.9 Å². The van der Waals surface area contributed by atoms with Gasteiger partial charge in [-0.25, -0.2) is 13.4 Å². The molecule has 2 aromatic rings. The van der Waals surface area contributed by atoms with Crippen molar-refractivity contribution in [3.05, 3.63) is 40.9 Å². The number of carbonyl (C=O) groups is 1. The molecule has 25 heavy (non-hydrogen) atoms. The van der Waals surface area contributed by atoms with Gasteiger partial charge in [0.15, 0.2) is 15.0 Å². The number of nitrogens with zero attached hydrogens (tertiary/aromatic N) is 2. The number of hydrogen-bond donors (Lipinski definition) is 0. The second-order valence-corrected chi connectivity index (χ2v) is 10.0. The van der Waals surface area contributed by atoms with Gasteiger partial charge >= 0.3 is 0 Å². The normalized spacial score (nSPS) is 23.0. The molecule has 1 saturated carbocycles. The van der Waals surface area contributed by atoms with Crippen molar-refractivity contribution >= 4 is 32.1 Å². The molecule has 7 heteroatoms. The number of hydrogen-bond acceptors (Lipinski definition) is 6. The van der Waals surface area contributed by atoms with Gasteiger partial charge in [-0.2, -0.15) is 0 Å². The number of sulfone groups is 1. The topological polar surface area (TPSA) is 67.3 Å². The van der Waals surface area contributed by atoms with Crippen LogP contribution in [0.15, 0.2) is 35.4 Å². The van der Waals surface area contributed by atoms with Gasteiger partial charge in [-0.3, -0.25) is 4.79 Å². The maximum atomic E-state index is 12.7. The van der Waals surface area contributed by atoms with Crippen molar-refractivity contribution in [3.8, 4) is 0 Å². The first-order valence-corrected chi connectivity index (χ1v) is 11.2. The minimum atomic E-state index is -3.33. The summed E-state index contributed by atoms with van der Waals surface area (Å²) in [5.41, 5.74) is 0.386. The summed E-state index contributed by atoms with van der Waals surface area (Å²) < 4.78 is 23.4.